The van der Waals surface area contributed by atoms with E-state index in [9.17, 15) is 4.39 Å². The molecule has 1 nitrogen and oxygen atoms in total. The zero-order valence-electron chi connectivity index (χ0n) is 16.3. The predicted molar refractivity (Wildman–Crippen MR) is 118 cm³/mol. The van der Waals surface area contributed by atoms with Gasteiger partial charge in [-0.25, -0.2) is 4.39 Å². The third-order valence-corrected chi connectivity index (χ3v) is 5.08. The summed E-state index contributed by atoms with van der Waals surface area (Å²) < 4.78 is 13.7. The first-order valence-electron chi connectivity index (χ1n) is 9.73. The van der Waals surface area contributed by atoms with Gasteiger partial charge in [-0.3, -0.25) is 4.98 Å². The SMILES string of the molecule is Cc1cccnc1CC(=C(c1ccccc1)c1ccccc1)c1ccc(F)cc1. The molecule has 4 aromatic rings. The van der Waals surface area contributed by atoms with Gasteiger partial charge in [0.2, 0.25) is 0 Å². The molecule has 0 spiro atoms. The van der Waals surface area contributed by atoms with E-state index in [1.165, 1.54) is 12.1 Å². The molecule has 3 aromatic carbocycles. The minimum atomic E-state index is -0.233. The van der Waals surface area contributed by atoms with Gasteiger partial charge >= 0.3 is 0 Å². The van der Waals surface area contributed by atoms with E-state index in [4.69, 9.17) is 0 Å². The van der Waals surface area contributed by atoms with Crippen molar-refractivity contribution in [2.45, 2.75) is 13.3 Å². The van der Waals surface area contributed by atoms with Crippen LogP contribution < -0.4 is 0 Å². The van der Waals surface area contributed by atoms with Crippen LogP contribution in [-0.2, 0) is 6.42 Å². The van der Waals surface area contributed by atoms with Crippen LogP contribution >= 0.6 is 0 Å². The van der Waals surface area contributed by atoms with Gasteiger partial charge in [-0.15, -0.1) is 0 Å². The van der Waals surface area contributed by atoms with Crippen LogP contribution in [0.5, 0.6) is 0 Å². The Hall–Kier alpha value is -3.52. The first-order chi connectivity index (χ1) is 14.2. The molecule has 29 heavy (non-hydrogen) atoms. The molecule has 0 saturated heterocycles. The van der Waals surface area contributed by atoms with Crippen molar-refractivity contribution >= 4 is 11.1 Å². The molecule has 0 aliphatic heterocycles. The Bertz CT molecular complexity index is 1070. The summed E-state index contributed by atoms with van der Waals surface area (Å²) in [6.07, 6.45) is 2.49. The van der Waals surface area contributed by atoms with Crippen LogP contribution in [0.1, 0.15) is 27.9 Å². The average molecular weight is 379 g/mol. The minimum Gasteiger partial charge on any atom is -0.261 e. The van der Waals surface area contributed by atoms with Crippen molar-refractivity contribution in [2.24, 2.45) is 0 Å². The van der Waals surface area contributed by atoms with Gasteiger partial charge in [0, 0.05) is 18.3 Å². The van der Waals surface area contributed by atoms with Crippen LogP contribution in [0.2, 0.25) is 0 Å². The van der Waals surface area contributed by atoms with Crippen LogP contribution in [0, 0.1) is 12.7 Å². The molecule has 0 aliphatic rings. The van der Waals surface area contributed by atoms with Gasteiger partial charge in [0.05, 0.1) is 0 Å². The number of aryl methyl sites for hydroxylation is 1. The van der Waals surface area contributed by atoms with Crippen LogP contribution in [0.3, 0.4) is 0 Å². The number of benzene rings is 3. The van der Waals surface area contributed by atoms with E-state index in [2.05, 4.69) is 42.2 Å². The van der Waals surface area contributed by atoms with Crippen LogP contribution in [0.4, 0.5) is 4.39 Å². The lowest BCUT2D eigenvalue weighted by Crippen LogP contribution is -2.02. The number of hydrogen-bond donors (Lipinski definition) is 0. The number of aromatic nitrogens is 1. The lowest BCUT2D eigenvalue weighted by molar-refractivity contribution is 0.627. The molecule has 1 aromatic heterocycles. The van der Waals surface area contributed by atoms with Crippen molar-refractivity contribution in [1.82, 2.24) is 4.98 Å². The van der Waals surface area contributed by atoms with Gasteiger partial charge in [0.15, 0.2) is 0 Å². The zero-order valence-corrected chi connectivity index (χ0v) is 16.3. The Morgan fingerprint density at radius 1 is 0.690 bits per heavy atom. The maximum Gasteiger partial charge on any atom is 0.123 e. The quantitative estimate of drug-likeness (QED) is 0.350. The predicted octanol–water partition coefficient (Wildman–Crippen LogP) is 6.73. The van der Waals surface area contributed by atoms with E-state index in [1.54, 1.807) is 0 Å². The number of allylic oxidation sites excluding steroid dienone is 1. The second-order valence-electron chi connectivity index (χ2n) is 7.04. The first-order valence-corrected chi connectivity index (χ1v) is 9.73. The molecular weight excluding hydrogens is 357 g/mol. The Morgan fingerprint density at radius 3 is 1.83 bits per heavy atom. The fraction of sp³-hybridized carbons (Fsp3) is 0.0741. The molecule has 0 amide bonds. The topological polar surface area (TPSA) is 12.9 Å². The van der Waals surface area contributed by atoms with Gasteiger partial charge in [0.1, 0.15) is 5.82 Å². The van der Waals surface area contributed by atoms with E-state index in [0.29, 0.717) is 6.42 Å². The lowest BCUT2D eigenvalue weighted by atomic mass is 9.86. The fourth-order valence-electron chi connectivity index (χ4n) is 3.58. The summed E-state index contributed by atoms with van der Waals surface area (Å²) in [4.78, 5) is 4.62. The number of hydrogen-bond acceptors (Lipinski definition) is 1. The minimum absolute atomic E-state index is 0.233. The molecule has 0 saturated carbocycles. The highest BCUT2D eigenvalue weighted by molar-refractivity contribution is 5.99. The Morgan fingerprint density at radius 2 is 1.28 bits per heavy atom. The van der Waals surface area contributed by atoms with E-state index < -0.39 is 0 Å². The first kappa shape index (κ1) is 18.8. The summed E-state index contributed by atoms with van der Waals surface area (Å²) in [5, 5.41) is 0. The van der Waals surface area contributed by atoms with Crippen LogP contribution in [-0.4, -0.2) is 4.98 Å². The van der Waals surface area contributed by atoms with E-state index in [1.807, 2.05) is 60.8 Å². The molecule has 1 heterocycles. The lowest BCUT2D eigenvalue weighted by Gasteiger charge is -2.18. The van der Waals surface area contributed by atoms with Gasteiger partial charge in [0.25, 0.3) is 0 Å². The van der Waals surface area contributed by atoms with Crippen molar-refractivity contribution in [3.8, 4) is 0 Å². The molecule has 0 bridgehead atoms. The highest BCUT2D eigenvalue weighted by Gasteiger charge is 2.16. The largest absolute Gasteiger partial charge is 0.261 e. The normalized spacial score (nSPS) is 10.6. The number of pyridine rings is 1. The van der Waals surface area contributed by atoms with Gasteiger partial charge in [-0.2, -0.15) is 0 Å². The standard InChI is InChI=1S/C27H22FN/c1-20-9-8-18-29-26(20)19-25(21-14-16-24(28)17-15-21)27(22-10-4-2-5-11-22)23-12-6-3-7-13-23/h2-18H,19H2,1H3. The highest BCUT2D eigenvalue weighted by Crippen LogP contribution is 2.34. The molecule has 0 atom stereocenters. The van der Waals surface area contributed by atoms with Crippen molar-refractivity contribution < 1.29 is 4.39 Å². The van der Waals surface area contributed by atoms with Crippen LogP contribution in [0.15, 0.2) is 103 Å². The summed E-state index contributed by atoms with van der Waals surface area (Å²) >= 11 is 0. The van der Waals surface area contributed by atoms with Crippen molar-refractivity contribution in [2.75, 3.05) is 0 Å². The average Bonchev–Trinajstić information content (AvgIpc) is 2.77. The maximum atomic E-state index is 13.7. The molecule has 142 valence electrons. The fourth-order valence-corrected chi connectivity index (χ4v) is 3.58. The summed E-state index contributed by atoms with van der Waals surface area (Å²) in [7, 11) is 0. The van der Waals surface area contributed by atoms with Crippen molar-refractivity contribution in [1.29, 1.82) is 0 Å². The molecule has 4 rings (SSSR count). The Kier molecular flexibility index (Phi) is 5.62. The van der Waals surface area contributed by atoms with Gasteiger partial charge in [-0.1, -0.05) is 78.9 Å². The zero-order chi connectivity index (χ0) is 20.1. The number of nitrogens with zero attached hydrogens (tertiary/aromatic N) is 1. The Balaban J connectivity index is 1.99. The third-order valence-electron chi connectivity index (χ3n) is 5.08. The highest BCUT2D eigenvalue weighted by atomic mass is 19.1. The summed E-state index contributed by atoms with van der Waals surface area (Å²) in [6.45, 7) is 2.08. The second-order valence-corrected chi connectivity index (χ2v) is 7.04. The molecule has 0 fully saturated rings. The molecule has 0 N–H and O–H groups in total. The monoisotopic (exact) mass is 379 g/mol. The van der Waals surface area contributed by atoms with Gasteiger partial charge in [-0.05, 0) is 58.5 Å². The third kappa shape index (κ3) is 4.33. The molecule has 0 unspecified atom stereocenters. The maximum absolute atomic E-state index is 13.7. The van der Waals surface area contributed by atoms with E-state index >= 15 is 0 Å². The summed E-state index contributed by atoms with van der Waals surface area (Å²) in [6, 6.07) is 31.5. The smallest absolute Gasteiger partial charge is 0.123 e. The molecule has 0 aliphatic carbocycles. The van der Waals surface area contributed by atoms with Crippen LogP contribution in [0.25, 0.3) is 11.1 Å². The molecule has 2 heteroatoms. The van der Waals surface area contributed by atoms with Crippen molar-refractivity contribution in [3.05, 3.63) is 137 Å². The van der Waals surface area contributed by atoms with Gasteiger partial charge < -0.3 is 0 Å². The summed E-state index contributed by atoms with van der Waals surface area (Å²) in [5.74, 6) is -0.233. The second kappa shape index (κ2) is 8.66. The van der Waals surface area contributed by atoms with Crippen molar-refractivity contribution in [3.63, 3.8) is 0 Å². The number of rotatable bonds is 5. The summed E-state index contributed by atoms with van der Waals surface area (Å²) in [5.41, 5.74) is 7.70. The molecule has 0 radical (unpaired) electrons. The van der Waals surface area contributed by atoms with E-state index in [0.717, 1.165) is 39.1 Å². The molecular formula is C27H22FN. The van der Waals surface area contributed by atoms with E-state index in [-0.39, 0.29) is 5.82 Å². The Labute approximate surface area is 171 Å². The number of halogens is 1.